The summed E-state index contributed by atoms with van der Waals surface area (Å²) in [6.45, 7) is -2.89. The van der Waals surface area contributed by atoms with Gasteiger partial charge < -0.3 is 9.64 Å². The van der Waals surface area contributed by atoms with Gasteiger partial charge in [-0.3, -0.25) is 4.79 Å². The molecule has 0 saturated heterocycles. The smallest absolute Gasteiger partial charge is 0.387 e. The lowest BCUT2D eigenvalue weighted by atomic mass is 10.1. The van der Waals surface area contributed by atoms with Crippen molar-refractivity contribution in [2.24, 2.45) is 0 Å². The predicted octanol–water partition coefficient (Wildman–Crippen LogP) is 2.55. The molecular formula is C12H13F2NO2. The largest absolute Gasteiger partial charge is 0.435 e. The van der Waals surface area contributed by atoms with Crippen molar-refractivity contribution in [3.8, 4) is 5.75 Å². The van der Waals surface area contributed by atoms with Gasteiger partial charge in [0.2, 0.25) is 0 Å². The van der Waals surface area contributed by atoms with E-state index in [4.69, 9.17) is 0 Å². The molecular weight excluding hydrogens is 228 g/mol. The molecule has 3 nitrogen and oxygen atoms in total. The van der Waals surface area contributed by atoms with Gasteiger partial charge in [-0.25, -0.2) is 0 Å². The van der Waals surface area contributed by atoms with Gasteiger partial charge in [-0.15, -0.1) is 0 Å². The van der Waals surface area contributed by atoms with Gasteiger partial charge in [0.25, 0.3) is 0 Å². The predicted molar refractivity (Wildman–Crippen MR) is 60.2 cm³/mol. The molecule has 0 aliphatic heterocycles. The summed E-state index contributed by atoms with van der Waals surface area (Å²) in [5, 5.41) is 0. The lowest BCUT2D eigenvalue weighted by molar-refractivity contribution is -0.0498. The molecule has 0 bridgehead atoms. The number of rotatable bonds is 5. The van der Waals surface area contributed by atoms with E-state index in [1.807, 2.05) is 0 Å². The molecule has 0 atom stereocenters. The van der Waals surface area contributed by atoms with E-state index < -0.39 is 6.61 Å². The molecule has 1 rings (SSSR count). The number of nitrogens with zero attached hydrogens (tertiary/aromatic N) is 1. The molecule has 0 N–H and O–H groups in total. The minimum atomic E-state index is -2.89. The second-order valence-corrected chi connectivity index (χ2v) is 3.55. The summed E-state index contributed by atoms with van der Waals surface area (Å²) in [5.74, 6) is -0.289. The van der Waals surface area contributed by atoms with Crippen molar-refractivity contribution in [2.45, 2.75) is 6.61 Å². The Kier molecular flexibility index (Phi) is 4.63. The summed E-state index contributed by atoms with van der Waals surface area (Å²) in [7, 11) is 3.56. The van der Waals surface area contributed by atoms with E-state index in [9.17, 15) is 13.6 Å². The molecule has 0 amide bonds. The lowest BCUT2D eigenvalue weighted by Gasteiger charge is -2.05. The Bertz CT molecular complexity index is 417. The van der Waals surface area contributed by atoms with Crippen LogP contribution in [0.5, 0.6) is 5.75 Å². The Balaban J connectivity index is 2.80. The Morgan fingerprint density at radius 3 is 2.71 bits per heavy atom. The quantitative estimate of drug-likeness (QED) is 0.586. The molecule has 0 aliphatic carbocycles. The maximum Gasteiger partial charge on any atom is 0.387 e. The maximum atomic E-state index is 12.0. The van der Waals surface area contributed by atoms with Gasteiger partial charge >= 0.3 is 6.61 Å². The molecule has 5 heteroatoms. The summed E-state index contributed by atoms with van der Waals surface area (Å²) in [6.07, 6.45) is 2.95. The second-order valence-electron chi connectivity index (χ2n) is 3.55. The van der Waals surface area contributed by atoms with Crippen LogP contribution in [-0.2, 0) is 0 Å². The van der Waals surface area contributed by atoms with Crippen LogP contribution in [0.2, 0.25) is 0 Å². The molecule has 0 heterocycles. The molecule has 92 valence electrons. The van der Waals surface area contributed by atoms with E-state index in [0.717, 1.165) is 0 Å². The minimum Gasteiger partial charge on any atom is -0.435 e. The summed E-state index contributed by atoms with van der Waals surface area (Å²) in [5.41, 5.74) is 0.307. The maximum absolute atomic E-state index is 12.0. The standard InChI is InChI=1S/C12H13F2NO2/c1-15(2)7-6-11(16)9-4-3-5-10(8-9)17-12(13)14/h3-8,12H,1-2H3/b7-6-. The monoisotopic (exact) mass is 241 g/mol. The number of carbonyl (C=O) groups is 1. The molecule has 0 spiro atoms. The first-order valence-electron chi connectivity index (χ1n) is 4.93. The first-order chi connectivity index (χ1) is 7.99. The molecule has 0 radical (unpaired) electrons. The highest BCUT2D eigenvalue weighted by Crippen LogP contribution is 2.16. The van der Waals surface area contributed by atoms with Crippen LogP contribution < -0.4 is 4.74 Å². The Hall–Kier alpha value is -1.91. The third-order valence-electron chi connectivity index (χ3n) is 1.87. The zero-order valence-electron chi connectivity index (χ0n) is 9.56. The van der Waals surface area contributed by atoms with Crippen LogP contribution in [0, 0.1) is 0 Å². The Morgan fingerprint density at radius 2 is 2.12 bits per heavy atom. The Labute approximate surface area is 98.3 Å². The normalized spacial score (nSPS) is 10.9. The summed E-state index contributed by atoms with van der Waals surface area (Å²) in [4.78, 5) is 13.3. The zero-order chi connectivity index (χ0) is 12.8. The van der Waals surface area contributed by atoms with Gasteiger partial charge in [0.05, 0.1) is 0 Å². The number of benzene rings is 1. The van der Waals surface area contributed by atoms with Crippen LogP contribution >= 0.6 is 0 Å². The first kappa shape index (κ1) is 13.2. The average molecular weight is 241 g/mol. The minimum absolute atomic E-state index is 0.0240. The molecule has 0 unspecified atom stereocenters. The fraction of sp³-hybridized carbons (Fsp3) is 0.250. The van der Waals surface area contributed by atoms with Crippen LogP contribution in [0.3, 0.4) is 0 Å². The Morgan fingerprint density at radius 1 is 1.41 bits per heavy atom. The van der Waals surface area contributed by atoms with Gasteiger partial charge in [-0.05, 0) is 12.1 Å². The van der Waals surface area contributed by atoms with Gasteiger partial charge in [0, 0.05) is 31.9 Å². The van der Waals surface area contributed by atoms with Crippen LogP contribution in [0.15, 0.2) is 36.5 Å². The molecule has 1 aromatic rings. The first-order valence-corrected chi connectivity index (χ1v) is 4.93. The summed E-state index contributed by atoms with van der Waals surface area (Å²) in [6, 6.07) is 5.70. The van der Waals surface area contributed by atoms with E-state index in [1.165, 1.54) is 24.3 Å². The lowest BCUT2D eigenvalue weighted by Crippen LogP contribution is -2.04. The molecule has 1 aromatic carbocycles. The number of hydrogen-bond donors (Lipinski definition) is 0. The average Bonchev–Trinajstić information content (AvgIpc) is 2.25. The number of ether oxygens (including phenoxy) is 1. The van der Waals surface area contributed by atoms with Crippen molar-refractivity contribution >= 4 is 5.78 Å². The van der Waals surface area contributed by atoms with Crippen molar-refractivity contribution in [2.75, 3.05) is 14.1 Å². The van der Waals surface area contributed by atoms with Crippen molar-refractivity contribution in [1.82, 2.24) is 4.90 Å². The van der Waals surface area contributed by atoms with Crippen molar-refractivity contribution in [3.63, 3.8) is 0 Å². The van der Waals surface area contributed by atoms with Crippen LogP contribution in [0.1, 0.15) is 10.4 Å². The van der Waals surface area contributed by atoms with Gasteiger partial charge in [-0.2, -0.15) is 8.78 Å². The second kappa shape index (κ2) is 5.98. The zero-order valence-corrected chi connectivity index (χ0v) is 9.56. The third-order valence-corrected chi connectivity index (χ3v) is 1.87. The molecule has 0 aromatic heterocycles. The highest BCUT2D eigenvalue weighted by Gasteiger charge is 2.07. The molecule has 0 fully saturated rings. The van der Waals surface area contributed by atoms with Crippen LogP contribution in [0.4, 0.5) is 8.78 Å². The summed E-state index contributed by atoms with van der Waals surface area (Å²) < 4.78 is 28.2. The van der Waals surface area contributed by atoms with Crippen molar-refractivity contribution in [1.29, 1.82) is 0 Å². The van der Waals surface area contributed by atoms with Crippen LogP contribution in [0.25, 0.3) is 0 Å². The fourth-order valence-corrected chi connectivity index (χ4v) is 1.14. The number of allylic oxidation sites excluding steroid dienone is 1. The topological polar surface area (TPSA) is 29.5 Å². The molecule has 0 aliphatic rings. The highest BCUT2D eigenvalue weighted by atomic mass is 19.3. The van der Waals surface area contributed by atoms with Gasteiger partial charge in [0.15, 0.2) is 5.78 Å². The third kappa shape index (κ3) is 4.63. The number of halogens is 2. The fourth-order valence-electron chi connectivity index (χ4n) is 1.14. The summed E-state index contributed by atoms with van der Waals surface area (Å²) >= 11 is 0. The number of carbonyl (C=O) groups excluding carboxylic acids is 1. The highest BCUT2D eigenvalue weighted by molar-refractivity contribution is 6.04. The van der Waals surface area contributed by atoms with Gasteiger partial charge in [0.1, 0.15) is 5.75 Å². The molecule has 0 saturated carbocycles. The number of ketones is 1. The van der Waals surface area contributed by atoms with Crippen molar-refractivity contribution < 1.29 is 18.3 Å². The van der Waals surface area contributed by atoms with E-state index >= 15 is 0 Å². The van der Waals surface area contributed by atoms with E-state index in [1.54, 1.807) is 31.3 Å². The molecule has 17 heavy (non-hydrogen) atoms. The number of alkyl halides is 2. The van der Waals surface area contributed by atoms with E-state index in [-0.39, 0.29) is 11.5 Å². The number of hydrogen-bond acceptors (Lipinski definition) is 3. The van der Waals surface area contributed by atoms with Crippen LogP contribution in [-0.4, -0.2) is 31.4 Å². The van der Waals surface area contributed by atoms with Gasteiger partial charge in [-0.1, -0.05) is 12.1 Å². The SMILES string of the molecule is CN(C)/C=C\C(=O)c1cccc(OC(F)F)c1. The van der Waals surface area contributed by atoms with E-state index in [2.05, 4.69) is 4.74 Å². The van der Waals surface area contributed by atoms with E-state index in [0.29, 0.717) is 5.56 Å². The van der Waals surface area contributed by atoms with Crippen molar-refractivity contribution in [3.05, 3.63) is 42.1 Å².